The Morgan fingerprint density at radius 3 is 2.23 bits per heavy atom. The molecule has 0 N–H and O–H groups in total. The highest BCUT2D eigenvalue weighted by Gasteiger charge is 2.79. The van der Waals surface area contributed by atoms with Crippen LogP contribution in [0.4, 0.5) is 10.5 Å². The van der Waals surface area contributed by atoms with Gasteiger partial charge in [-0.15, -0.1) is 0 Å². The van der Waals surface area contributed by atoms with Crippen molar-refractivity contribution in [1.29, 1.82) is 0 Å². The first kappa shape index (κ1) is 16.8. The molecule has 1 aromatic rings. The van der Waals surface area contributed by atoms with Gasteiger partial charge in [-0.2, -0.15) is 0 Å². The van der Waals surface area contributed by atoms with Gasteiger partial charge in [-0.1, -0.05) is 0 Å². The van der Waals surface area contributed by atoms with Gasteiger partial charge in [-0.05, 0) is 32.9 Å². The molecule has 1 heterocycles. The molecule has 2 saturated carbocycles. The van der Waals surface area contributed by atoms with Crippen molar-refractivity contribution in [3.8, 4) is 0 Å². The van der Waals surface area contributed by atoms with Crippen LogP contribution in [0.25, 0.3) is 0 Å². The summed E-state index contributed by atoms with van der Waals surface area (Å²) in [5, 5.41) is 10.7. The molecule has 1 aliphatic heterocycles. The smallest absolute Gasteiger partial charge is 0.410 e. The number of esters is 1. The summed E-state index contributed by atoms with van der Waals surface area (Å²) in [6.07, 6.45) is 0.928. The highest BCUT2D eigenvalue weighted by atomic mass is 16.6. The minimum atomic E-state index is -0.533. The number of likely N-dealkylation sites (tertiary alicyclic amines) is 1. The van der Waals surface area contributed by atoms with Crippen LogP contribution in [-0.4, -0.2) is 45.2 Å². The van der Waals surface area contributed by atoms with Crippen LogP contribution in [0.1, 0.15) is 44.0 Å². The fourth-order valence-corrected chi connectivity index (χ4v) is 4.34. The third kappa shape index (κ3) is 2.35. The van der Waals surface area contributed by atoms with E-state index >= 15 is 0 Å². The number of piperidine rings is 3. The summed E-state index contributed by atoms with van der Waals surface area (Å²) < 4.78 is 11.1. The van der Waals surface area contributed by atoms with Crippen LogP contribution >= 0.6 is 0 Å². The van der Waals surface area contributed by atoms with E-state index in [2.05, 4.69) is 0 Å². The Morgan fingerprint density at radius 1 is 1.19 bits per heavy atom. The number of nitrogens with zero attached hydrogens (tertiary/aromatic N) is 2. The third-order valence-corrected chi connectivity index (χ3v) is 5.47. The van der Waals surface area contributed by atoms with Gasteiger partial charge in [0.15, 0.2) is 0 Å². The molecule has 1 aromatic carbocycles. The molecule has 0 bridgehead atoms. The molecule has 8 nitrogen and oxygen atoms in total. The first-order valence-electron chi connectivity index (χ1n) is 8.60. The lowest BCUT2D eigenvalue weighted by Gasteiger charge is -2.77. The zero-order valence-corrected chi connectivity index (χ0v) is 14.8. The maximum Gasteiger partial charge on any atom is 0.410 e. The number of carbonyl (C=O) groups is 2. The second kappa shape index (κ2) is 5.18. The molecule has 1 amide bonds. The summed E-state index contributed by atoms with van der Waals surface area (Å²) in [5.74, 6) is -0.301. The van der Waals surface area contributed by atoms with E-state index < -0.39 is 22.1 Å². The van der Waals surface area contributed by atoms with Crippen LogP contribution in [0, 0.1) is 16.0 Å². The maximum absolute atomic E-state index is 12.3. The van der Waals surface area contributed by atoms with Gasteiger partial charge in [0.2, 0.25) is 0 Å². The van der Waals surface area contributed by atoms with Gasteiger partial charge in [-0.3, -0.25) is 10.1 Å². The number of ether oxygens (including phenoxy) is 2. The van der Waals surface area contributed by atoms with Gasteiger partial charge in [0.1, 0.15) is 11.2 Å². The number of nitro groups is 1. The predicted octanol–water partition coefficient (Wildman–Crippen LogP) is 2.90. The maximum atomic E-state index is 12.3. The van der Waals surface area contributed by atoms with Gasteiger partial charge < -0.3 is 14.4 Å². The number of rotatable bonds is 3. The van der Waals surface area contributed by atoms with Gasteiger partial charge in [0, 0.05) is 43.0 Å². The molecule has 138 valence electrons. The molecule has 3 fully saturated rings. The Bertz CT molecular complexity index is 783. The molecule has 3 aliphatic rings. The van der Waals surface area contributed by atoms with Crippen molar-refractivity contribution in [3.05, 3.63) is 39.9 Å². The van der Waals surface area contributed by atoms with Crippen molar-refractivity contribution < 1.29 is 24.0 Å². The largest absolute Gasteiger partial charge is 0.455 e. The van der Waals surface area contributed by atoms with Crippen LogP contribution in [0.2, 0.25) is 0 Å². The molecule has 0 spiro atoms. The fraction of sp³-hybridized carbons (Fsp3) is 0.556. The molecule has 2 aliphatic carbocycles. The number of nitro benzene ring substituents is 1. The van der Waals surface area contributed by atoms with Crippen molar-refractivity contribution in [2.24, 2.45) is 5.92 Å². The Balaban J connectivity index is 1.36. The normalized spacial score (nSPS) is 30.9. The van der Waals surface area contributed by atoms with E-state index in [1.807, 2.05) is 20.8 Å². The lowest BCUT2D eigenvalue weighted by atomic mass is 9.43. The Morgan fingerprint density at radius 2 is 1.77 bits per heavy atom. The summed E-state index contributed by atoms with van der Waals surface area (Å²) >= 11 is 0. The number of carbonyl (C=O) groups excluding carboxylic acids is 2. The van der Waals surface area contributed by atoms with Crippen molar-refractivity contribution in [2.75, 3.05) is 0 Å². The van der Waals surface area contributed by atoms with E-state index in [0.717, 1.165) is 0 Å². The van der Waals surface area contributed by atoms with Crippen molar-refractivity contribution in [3.63, 3.8) is 0 Å². The number of non-ortho nitro benzene ring substituents is 1. The number of amides is 1. The second-order valence-corrected chi connectivity index (χ2v) is 8.21. The molecular formula is C18H20N2O6. The second-order valence-electron chi connectivity index (χ2n) is 8.21. The Hall–Kier alpha value is -2.64. The summed E-state index contributed by atoms with van der Waals surface area (Å²) in [7, 11) is 0. The van der Waals surface area contributed by atoms with Crippen molar-refractivity contribution in [1.82, 2.24) is 4.90 Å². The molecule has 2 unspecified atom stereocenters. The fourth-order valence-electron chi connectivity index (χ4n) is 4.34. The van der Waals surface area contributed by atoms with E-state index in [4.69, 9.17) is 9.47 Å². The average molecular weight is 360 g/mol. The SMILES string of the molecule is CC(C)(C)OC(=O)N1C2CC3(OC(=O)c4ccc([N+](=O)[O-])cc4)CC1C23. The molecule has 26 heavy (non-hydrogen) atoms. The molecule has 8 heteroatoms. The van der Waals surface area contributed by atoms with Gasteiger partial charge >= 0.3 is 12.1 Å². The summed E-state index contributed by atoms with van der Waals surface area (Å²) in [5.41, 5.74) is -0.804. The minimum Gasteiger partial charge on any atom is -0.455 e. The predicted molar refractivity (Wildman–Crippen MR) is 89.6 cm³/mol. The summed E-state index contributed by atoms with van der Waals surface area (Å²) in [6.45, 7) is 5.50. The standard InChI is InChI=1S/C18H20N2O6/c1-17(2,3)26-16(22)19-12-8-18(9-13(19)14(12)18)25-15(21)10-4-6-11(7-5-10)20(23)24/h4-7,12-14H,8-9H2,1-3H3. The monoisotopic (exact) mass is 360 g/mol. The van der Waals surface area contributed by atoms with E-state index in [0.29, 0.717) is 18.4 Å². The van der Waals surface area contributed by atoms with E-state index in [1.165, 1.54) is 24.3 Å². The lowest BCUT2D eigenvalue weighted by Crippen LogP contribution is -2.90. The highest BCUT2D eigenvalue weighted by Crippen LogP contribution is 2.67. The van der Waals surface area contributed by atoms with Crippen LogP contribution in [0.15, 0.2) is 24.3 Å². The van der Waals surface area contributed by atoms with Crippen LogP contribution in [-0.2, 0) is 9.47 Å². The van der Waals surface area contributed by atoms with E-state index in [9.17, 15) is 19.7 Å². The van der Waals surface area contributed by atoms with Crippen LogP contribution in [0.3, 0.4) is 0 Å². The summed E-state index contributed by atoms with van der Waals surface area (Å²) in [6, 6.07) is 5.53. The Labute approximate surface area is 150 Å². The van der Waals surface area contributed by atoms with E-state index in [-0.39, 0.29) is 29.8 Å². The molecule has 2 atom stereocenters. The first-order chi connectivity index (χ1) is 12.1. The molecule has 0 aromatic heterocycles. The summed E-state index contributed by atoms with van der Waals surface area (Å²) in [4.78, 5) is 36.5. The average Bonchev–Trinajstić information content (AvgIpc) is 2.52. The zero-order valence-electron chi connectivity index (χ0n) is 14.8. The highest BCUT2D eigenvalue weighted by molar-refractivity contribution is 5.90. The topological polar surface area (TPSA) is 99.0 Å². The van der Waals surface area contributed by atoms with E-state index in [1.54, 1.807) is 4.90 Å². The van der Waals surface area contributed by atoms with Crippen molar-refractivity contribution in [2.45, 2.75) is 56.9 Å². The molecule has 4 rings (SSSR count). The first-order valence-corrected chi connectivity index (χ1v) is 8.60. The van der Waals surface area contributed by atoms with Gasteiger partial charge in [0.05, 0.1) is 10.5 Å². The van der Waals surface area contributed by atoms with Crippen LogP contribution in [0.5, 0.6) is 0 Å². The zero-order chi connectivity index (χ0) is 18.9. The number of hydrogen-bond donors (Lipinski definition) is 0. The van der Waals surface area contributed by atoms with Crippen LogP contribution < -0.4 is 0 Å². The van der Waals surface area contributed by atoms with Gasteiger partial charge in [-0.25, -0.2) is 9.59 Å². The lowest BCUT2D eigenvalue weighted by molar-refractivity contribution is -0.384. The quantitative estimate of drug-likeness (QED) is 0.467. The van der Waals surface area contributed by atoms with Crippen molar-refractivity contribution >= 4 is 17.7 Å². The number of hydrogen-bond acceptors (Lipinski definition) is 6. The minimum absolute atomic E-state index is 0.0703. The molecule has 0 radical (unpaired) electrons. The number of benzene rings is 1. The van der Waals surface area contributed by atoms with Gasteiger partial charge in [0.25, 0.3) is 5.69 Å². The Kier molecular flexibility index (Phi) is 3.35. The molecular weight excluding hydrogens is 340 g/mol. The molecule has 1 saturated heterocycles. The third-order valence-electron chi connectivity index (χ3n) is 5.47.